The molecule has 0 aliphatic carbocycles. The number of hydrogen-bond acceptors (Lipinski definition) is 4. The first-order chi connectivity index (χ1) is 8.24. The van der Waals surface area contributed by atoms with Gasteiger partial charge in [0.25, 0.3) is 0 Å². The first-order valence-electron chi connectivity index (χ1n) is 7.06. The van der Waals surface area contributed by atoms with Crippen molar-refractivity contribution in [3.8, 4) is 0 Å². The Labute approximate surface area is 105 Å². The fourth-order valence-corrected chi connectivity index (χ4v) is 3.06. The Morgan fingerprint density at radius 3 is 2.41 bits per heavy atom. The number of nitrogens with two attached hydrogens (primary N) is 1. The average Bonchev–Trinajstić information content (AvgIpc) is 2.78. The summed E-state index contributed by atoms with van der Waals surface area (Å²) in [6.07, 6.45) is 3.15. The second kappa shape index (κ2) is 6.14. The number of hydrogen-bond donors (Lipinski definition) is 1. The lowest BCUT2D eigenvalue weighted by molar-refractivity contribution is -0.0176. The maximum atomic E-state index is 5.99. The zero-order chi connectivity index (χ0) is 12.3. The highest BCUT2D eigenvalue weighted by molar-refractivity contribution is 4.88. The minimum atomic E-state index is 0.364. The molecule has 0 aromatic rings. The predicted molar refractivity (Wildman–Crippen MR) is 70.1 cm³/mol. The number of rotatable bonds is 4. The highest BCUT2D eigenvalue weighted by Gasteiger charge is 2.33. The van der Waals surface area contributed by atoms with Crippen LogP contribution in [0.2, 0.25) is 0 Å². The van der Waals surface area contributed by atoms with Crippen LogP contribution in [0.5, 0.6) is 0 Å². The van der Waals surface area contributed by atoms with E-state index in [1.807, 2.05) is 0 Å². The van der Waals surface area contributed by atoms with E-state index in [-0.39, 0.29) is 0 Å². The monoisotopic (exact) mass is 241 g/mol. The number of nitrogens with zero attached hydrogens (tertiary/aromatic N) is 2. The Bertz CT molecular complexity index is 229. The molecule has 0 aromatic carbocycles. The van der Waals surface area contributed by atoms with Crippen molar-refractivity contribution < 1.29 is 4.74 Å². The molecule has 0 radical (unpaired) electrons. The van der Waals surface area contributed by atoms with Crippen LogP contribution in [-0.4, -0.2) is 67.3 Å². The fraction of sp³-hybridized carbons (Fsp3) is 1.00. The molecule has 2 heterocycles. The first kappa shape index (κ1) is 13.3. The molecular formula is C13H27N3O. The van der Waals surface area contributed by atoms with Gasteiger partial charge in [0.15, 0.2) is 0 Å². The molecule has 0 saturated carbocycles. The SMILES string of the molecule is CCN1CCN(C(CN)C2CCC(C)O2)CC1. The summed E-state index contributed by atoms with van der Waals surface area (Å²) in [5.41, 5.74) is 5.96. The molecule has 0 spiro atoms. The minimum absolute atomic E-state index is 0.364. The van der Waals surface area contributed by atoms with Crippen LogP contribution in [0.4, 0.5) is 0 Å². The molecule has 2 rings (SSSR count). The summed E-state index contributed by atoms with van der Waals surface area (Å²) >= 11 is 0. The van der Waals surface area contributed by atoms with Crippen LogP contribution < -0.4 is 5.73 Å². The molecule has 2 fully saturated rings. The third-order valence-corrected chi connectivity index (χ3v) is 4.26. The van der Waals surface area contributed by atoms with Crippen molar-refractivity contribution in [1.29, 1.82) is 0 Å². The van der Waals surface area contributed by atoms with Crippen LogP contribution in [0.3, 0.4) is 0 Å². The van der Waals surface area contributed by atoms with E-state index < -0.39 is 0 Å². The van der Waals surface area contributed by atoms with Crippen LogP contribution in [0.15, 0.2) is 0 Å². The van der Waals surface area contributed by atoms with Gasteiger partial charge in [0.1, 0.15) is 0 Å². The van der Waals surface area contributed by atoms with Crippen molar-refractivity contribution >= 4 is 0 Å². The number of likely N-dealkylation sites (N-methyl/N-ethyl adjacent to an activating group) is 1. The Morgan fingerprint density at radius 2 is 1.94 bits per heavy atom. The first-order valence-corrected chi connectivity index (χ1v) is 7.06. The average molecular weight is 241 g/mol. The van der Waals surface area contributed by atoms with E-state index >= 15 is 0 Å². The molecule has 2 aliphatic rings. The zero-order valence-corrected chi connectivity index (χ0v) is 11.3. The van der Waals surface area contributed by atoms with Gasteiger partial charge in [-0.25, -0.2) is 0 Å². The number of piperazine rings is 1. The van der Waals surface area contributed by atoms with Gasteiger partial charge in [0, 0.05) is 38.8 Å². The maximum absolute atomic E-state index is 5.99. The molecule has 0 bridgehead atoms. The summed E-state index contributed by atoms with van der Waals surface area (Å²) in [5, 5.41) is 0. The van der Waals surface area contributed by atoms with Gasteiger partial charge in [-0.05, 0) is 26.3 Å². The molecule has 17 heavy (non-hydrogen) atoms. The Kier molecular flexibility index (Phi) is 4.79. The van der Waals surface area contributed by atoms with E-state index in [2.05, 4.69) is 23.6 Å². The van der Waals surface area contributed by atoms with Crippen LogP contribution in [0.1, 0.15) is 26.7 Å². The van der Waals surface area contributed by atoms with Crippen LogP contribution in [0, 0.1) is 0 Å². The van der Waals surface area contributed by atoms with E-state index in [1.54, 1.807) is 0 Å². The van der Waals surface area contributed by atoms with Gasteiger partial charge in [-0.15, -0.1) is 0 Å². The van der Waals surface area contributed by atoms with Gasteiger partial charge >= 0.3 is 0 Å². The molecule has 0 amide bonds. The predicted octanol–water partition coefficient (Wildman–Crippen LogP) is 0.519. The van der Waals surface area contributed by atoms with Crippen LogP contribution in [-0.2, 0) is 4.74 Å². The third-order valence-electron chi connectivity index (χ3n) is 4.26. The molecule has 3 atom stereocenters. The second-order valence-electron chi connectivity index (χ2n) is 5.34. The smallest absolute Gasteiger partial charge is 0.0747 e. The summed E-state index contributed by atoms with van der Waals surface area (Å²) in [4.78, 5) is 5.04. The molecule has 4 heteroatoms. The van der Waals surface area contributed by atoms with E-state index in [9.17, 15) is 0 Å². The lowest BCUT2D eigenvalue weighted by atomic mass is 10.0. The molecule has 2 aliphatic heterocycles. The standard InChI is InChI=1S/C13H27N3O/c1-3-15-6-8-16(9-7-15)12(10-14)13-5-4-11(2)17-13/h11-13H,3-10,14H2,1-2H3. The Balaban J connectivity index is 1.86. The maximum Gasteiger partial charge on any atom is 0.0747 e. The highest BCUT2D eigenvalue weighted by Crippen LogP contribution is 2.24. The zero-order valence-electron chi connectivity index (χ0n) is 11.3. The van der Waals surface area contributed by atoms with E-state index in [0.29, 0.717) is 18.2 Å². The summed E-state index contributed by atoms with van der Waals surface area (Å²) in [7, 11) is 0. The number of ether oxygens (including phenoxy) is 1. The lowest BCUT2D eigenvalue weighted by Crippen LogP contribution is -2.56. The third kappa shape index (κ3) is 3.19. The van der Waals surface area contributed by atoms with E-state index in [4.69, 9.17) is 10.5 Å². The molecule has 2 saturated heterocycles. The second-order valence-corrected chi connectivity index (χ2v) is 5.34. The molecule has 100 valence electrons. The molecule has 2 N–H and O–H groups in total. The Hall–Kier alpha value is -0.160. The van der Waals surface area contributed by atoms with Crippen molar-refractivity contribution in [2.45, 2.75) is 44.9 Å². The van der Waals surface area contributed by atoms with Gasteiger partial charge in [0.05, 0.1) is 12.2 Å². The van der Waals surface area contributed by atoms with Gasteiger partial charge in [0.2, 0.25) is 0 Å². The van der Waals surface area contributed by atoms with Crippen molar-refractivity contribution in [2.75, 3.05) is 39.3 Å². The molecule has 3 unspecified atom stereocenters. The van der Waals surface area contributed by atoms with E-state index in [1.165, 1.54) is 25.9 Å². The van der Waals surface area contributed by atoms with Gasteiger partial charge in [-0.1, -0.05) is 6.92 Å². The summed E-state index contributed by atoms with van der Waals surface area (Å²) in [6, 6.07) is 0.430. The van der Waals surface area contributed by atoms with Crippen molar-refractivity contribution in [1.82, 2.24) is 9.80 Å². The van der Waals surface area contributed by atoms with E-state index in [0.717, 1.165) is 26.2 Å². The quantitative estimate of drug-likeness (QED) is 0.779. The summed E-state index contributed by atoms with van der Waals surface area (Å²) < 4.78 is 5.99. The fourth-order valence-electron chi connectivity index (χ4n) is 3.06. The molecular weight excluding hydrogens is 214 g/mol. The minimum Gasteiger partial charge on any atom is -0.374 e. The van der Waals surface area contributed by atoms with Gasteiger partial charge < -0.3 is 15.4 Å². The topological polar surface area (TPSA) is 41.7 Å². The largest absolute Gasteiger partial charge is 0.374 e. The summed E-state index contributed by atoms with van der Waals surface area (Å²) in [6.45, 7) is 10.9. The van der Waals surface area contributed by atoms with Crippen LogP contribution >= 0.6 is 0 Å². The normalized spacial score (nSPS) is 34.1. The Morgan fingerprint density at radius 1 is 1.24 bits per heavy atom. The lowest BCUT2D eigenvalue weighted by Gasteiger charge is -2.40. The van der Waals surface area contributed by atoms with Gasteiger partial charge in [-0.3, -0.25) is 4.90 Å². The molecule has 4 nitrogen and oxygen atoms in total. The van der Waals surface area contributed by atoms with Gasteiger partial charge in [-0.2, -0.15) is 0 Å². The van der Waals surface area contributed by atoms with Crippen LogP contribution in [0.25, 0.3) is 0 Å². The summed E-state index contributed by atoms with van der Waals surface area (Å²) in [5.74, 6) is 0. The molecule has 0 aromatic heterocycles. The van der Waals surface area contributed by atoms with Crippen molar-refractivity contribution in [3.05, 3.63) is 0 Å². The highest BCUT2D eigenvalue weighted by atomic mass is 16.5. The van der Waals surface area contributed by atoms with Crippen molar-refractivity contribution in [3.63, 3.8) is 0 Å². The van der Waals surface area contributed by atoms with Crippen molar-refractivity contribution in [2.24, 2.45) is 5.73 Å².